The number of hydrogen-bond donors (Lipinski definition) is 1. The molecule has 2 atom stereocenters. The molecule has 1 saturated heterocycles. The maximum absolute atomic E-state index is 12.3. The van der Waals surface area contributed by atoms with Gasteiger partial charge in [-0.05, 0) is 18.8 Å². The van der Waals surface area contributed by atoms with E-state index in [1.165, 1.54) is 12.8 Å². The van der Waals surface area contributed by atoms with E-state index < -0.39 is 0 Å². The number of rotatable bonds is 1. The molecule has 1 aliphatic heterocycles. The van der Waals surface area contributed by atoms with E-state index in [0.29, 0.717) is 32.0 Å². The third kappa shape index (κ3) is 2.36. The highest BCUT2D eigenvalue weighted by atomic mass is 16.2. The highest BCUT2D eigenvalue weighted by Gasteiger charge is 2.33. The van der Waals surface area contributed by atoms with E-state index in [1.54, 1.807) is 0 Å². The van der Waals surface area contributed by atoms with Gasteiger partial charge in [0.05, 0.1) is 0 Å². The fraction of sp³-hybridized carbons (Fsp3) is 0.833. The highest BCUT2D eigenvalue weighted by Crippen LogP contribution is 2.32. The van der Waals surface area contributed by atoms with E-state index in [1.807, 2.05) is 4.90 Å². The van der Waals surface area contributed by atoms with Crippen molar-refractivity contribution in [1.29, 1.82) is 0 Å². The van der Waals surface area contributed by atoms with Crippen molar-refractivity contribution in [2.75, 3.05) is 19.6 Å². The Morgan fingerprint density at radius 2 is 2.19 bits per heavy atom. The Morgan fingerprint density at radius 3 is 2.88 bits per heavy atom. The van der Waals surface area contributed by atoms with Crippen LogP contribution in [0.1, 0.15) is 32.6 Å². The SMILES string of the molecule is CC1CCCC1C(=O)N1CCNC(=O)CC1. The largest absolute Gasteiger partial charge is 0.354 e. The first-order chi connectivity index (χ1) is 7.68. The second-order valence-corrected chi connectivity index (χ2v) is 4.94. The molecule has 2 unspecified atom stereocenters. The first-order valence-corrected chi connectivity index (χ1v) is 6.24. The van der Waals surface area contributed by atoms with Gasteiger partial charge in [0.1, 0.15) is 0 Å². The van der Waals surface area contributed by atoms with Gasteiger partial charge in [0, 0.05) is 32.0 Å². The molecule has 2 amide bonds. The van der Waals surface area contributed by atoms with E-state index >= 15 is 0 Å². The molecule has 0 bridgehead atoms. The van der Waals surface area contributed by atoms with Crippen molar-refractivity contribution in [3.63, 3.8) is 0 Å². The summed E-state index contributed by atoms with van der Waals surface area (Å²) >= 11 is 0. The normalized spacial score (nSPS) is 31.1. The summed E-state index contributed by atoms with van der Waals surface area (Å²) in [7, 11) is 0. The van der Waals surface area contributed by atoms with Crippen molar-refractivity contribution >= 4 is 11.8 Å². The van der Waals surface area contributed by atoms with Crippen LogP contribution in [0.2, 0.25) is 0 Å². The topological polar surface area (TPSA) is 49.4 Å². The van der Waals surface area contributed by atoms with Crippen LogP contribution in [0.25, 0.3) is 0 Å². The van der Waals surface area contributed by atoms with Gasteiger partial charge in [0.2, 0.25) is 11.8 Å². The average Bonchev–Trinajstić information content (AvgIpc) is 2.56. The Hall–Kier alpha value is -1.06. The lowest BCUT2D eigenvalue weighted by Gasteiger charge is -2.25. The number of nitrogens with one attached hydrogen (secondary N) is 1. The van der Waals surface area contributed by atoms with Gasteiger partial charge >= 0.3 is 0 Å². The standard InChI is InChI=1S/C12H20N2O2/c1-9-3-2-4-10(9)12(16)14-7-5-11(15)13-6-8-14/h9-10H,2-8H2,1H3,(H,13,15). The zero-order chi connectivity index (χ0) is 11.5. The summed E-state index contributed by atoms with van der Waals surface area (Å²) in [5.41, 5.74) is 0. The molecule has 4 nitrogen and oxygen atoms in total. The van der Waals surface area contributed by atoms with Crippen LogP contribution in [-0.2, 0) is 9.59 Å². The molecule has 90 valence electrons. The Morgan fingerprint density at radius 1 is 1.38 bits per heavy atom. The number of amides is 2. The number of hydrogen-bond acceptors (Lipinski definition) is 2. The minimum atomic E-state index is 0.0646. The lowest BCUT2D eigenvalue weighted by Crippen LogP contribution is -2.39. The molecule has 16 heavy (non-hydrogen) atoms. The third-order valence-electron chi connectivity index (χ3n) is 3.80. The van der Waals surface area contributed by atoms with Crippen LogP contribution < -0.4 is 5.32 Å². The quantitative estimate of drug-likeness (QED) is 0.715. The van der Waals surface area contributed by atoms with Gasteiger partial charge in [-0.15, -0.1) is 0 Å². The van der Waals surface area contributed by atoms with Gasteiger partial charge < -0.3 is 10.2 Å². The monoisotopic (exact) mass is 224 g/mol. The summed E-state index contributed by atoms with van der Waals surface area (Å²) in [5.74, 6) is 1.05. The Bertz CT molecular complexity index is 291. The van der Waals surface area contributed by atoms with Crippen molar-refractivity contribution < 1.29 is 9.59 Å². The Balaban J connectivity index is 1.95. The van der Waals surface area contributed by atoms with Gasteiger partial charge in [-0.2, -0.15) is 0 Å². The van der Waals surface area contributed by atoms with Gasteiger partial charge in [-0.1, -0.05) is 13.3 Å². The maximum Gasteiger partial charge on any atom is 0.226 e. The molecule has 0 aromatic carbocycles. The second-order valence-electron chi connectivity index (χ2n) is 4.94. The predicted octanol–water partition coefficient (Wildman–Crippen LogP) is 0.771. The highest BCUT2D eigenvalue weighted by molar-refractivity contribution is 5.81. The summed E-state index contributed by atoms with van der Waals surface area (Å²) in [6, 6.07) is 0. The molecule has 2 fully saturated rings. The van der Waals surface area contributed by atoms with Crippen molar-refractivity contribution in [1.82, 2.24) is 10.2 Å². The molecule has 0 spiro atoms. The van der Waals surface area contributed by atoms with Gasteiger partial charge in [0.15, 0.2) is 0 Å². The van der Waals surface area contributed by atoms with Crippen LogP contribution in [-0.4, -0.2) is 36.3 Å². The first kappa shape index (κ1) is 11.4. The molecule has 1 saturated carbocycles. The lowest BCUT2D eigenvalue weighted by atomic mass is 9.96. The molecule has 1 heterocycles. The van der Waals surface area contributed by atoms with E-state index in [0.717, 1.165) is 6.42 Å². The summed E-state index contributed by atoms with van der Waals surface area (Å²) in [6.45, 7) is 4.03. The maximum atomic E-state index is 12.3. The zero-order valence-electron chi connectivity index (χ0n) is 9.87. The molecule has 1 N–H and O–H groups in total. The third-order valence-corrected chi connectivity index (χ3v) is 3.80. The van der Waals surface area contributed by atoms with Gasteiger partial charge in [-0.25, -0.2) is 0 Å². The van der Waals surface area contributed by atoms with Crippen molar-refractivity contribution in [3.8, 4) is 0 Å². The zero-order valence-corrected chi connectivity index (χ0v) is 9.87. The minimum Gasteiger partial charge on any atom is -0.354 e. The van der Waals surface area contributed by atoms with Crippen LogP contribution in [0.15, 0.2) is 0 Å². The van der Waals surface area contributed by atoms with Gasteiger partial charge in [0.25, 0.3) is 0 Å². The van der Waals surface area contributed by atoms with E-state index in [2.05, 4.69) is 12.2 Å². The smallest absolute Gasteiger partial charge is 0.226 e. The Kier molecular flexibility index (Phi) is 3.46. The molecule has 0 aromatic rings. The van der Waals surface area contributed by atoms with Crippen molar-refractivity contribution in [2.45, 2.75) is 32.6 Å². The van der Waals surface area contributed by atoms with Crippen LogP contribution in [0.4, 0.5) is 0 Å². The summed E-state index contributed by atoms with van der Waals surface area (Å²) in [4.78, 5) is 25.3. The molecular weight excluding hydrogens is 204 g/mol. The van der Waals surface area contributed by atoms with Crippen LogP contribution in [0.3, 0.4) is 0 Å². The molecule has 2 aliphatic rings. The fourth-order valence-electron chi connectivity index (χ4n) is 2.73. The minimum absolute atomic E-state index is 0.0646. The molecule has 2 rings (SSSR count). The predicted molar refractivity (Wildman–Crippen MR) is 60.7 cm³/mol. The number of nitrogens with zero attached hydrogens (tertiary/aromatic N) is 1. The van der Waals surface area contributed by atoms with Crippen LogP contribution in [0.5, 0.6) is 0 Å². The fourth-order valence-corrected chi connectivity index (χ4v) is 2.73. The van der Waals surface area contributed by atoms with E-state index in [-0.39, 0.29) is 17.7 Å². The molecule has 0 radical (unpaired) electrons. The van der Waals surface area contributed by atoms with Gasteiger partial charge in [-0.3, -0.25) is 9.59 Å². The average molecular weight is 224 g/mol. The number of carbonyl (C=O) groups is 2. The Labute approximate surface area is 96.4 Å². The summed E-state index contributed by atoms with van der Waals surface area (Å²) < 4.78 is 0. The summed E-state index contributed by atoms with van der Waals surface area (Å²) in [6.07, 6.45) is 3.81. The number of carbonyl (C=O) groups excluding carboxylic acids is 2. The van der Waals surface area contributed by atoms with Crippen molar-refractivity contribution in [2.24, 2.45) is 11.8 Å². The molecular formula is C12H20N2O2. The van der Waals surface area contributed by atoms with E-state index in [9.17, 15) is 9.59 Å². The molecule has 0 aromatic heterocycles. The second kappa shape index (κ2) is 4.85. The van der Waals surface area contributed by atoms with Crippen LogP contribution >= 0.6 is 0 Å². The molecule has 1 aliphatic carbocycles. The molecule has 4 heteroatoms. The lowest BCUT2D eigenvalue weighted by molar-refractivity contribution is -0.136. The first-order valence-electron chi connectivity index (χ1n) is 6.24. The summed E-state index contributed by atoms with van der Waals surface area (Å²) in [5, 5.41) is 2.80. The van der Waals surface area contributed by atoms with Crippen molar-refractivity contribution in [3.05, 3.63) is 0 Å². The van der Waals surface area contributed by atoms with E-state index in [4.69, 9.17) is 0 Å². The van der Waals surface area contributed by atoms with Crippen LogP contribution in [0, 0.1) is 11.8 Å².